The zero-order chi connectivity index (χ0) is 15.4. The molecule has 0 aromatic carbocycles. The molecule has 0 aromatic rings. The van der Waals surface area contributed by atoms with Crippen LogP contribution in [0, 0.1) is 11.3 Å². The number of rotatable bonds is 5. The van der Waals surface area contributed by atoms with Crippen LogP contribution in [0.1, 0.15) is 46.5 Å². The van der Waals surface area contributed by atoms with E-state index in [0.717, 1.165) is 6.42 Å². The van der Waals surface area contributed by atoms with E-state index in [4.69, 9.17) is 0 Å². The van der Waals surface area contributed by atoms with E-state index in [-0.39, 0.29) is 24.8 Å². The number of amides is 1. The molecule has 0 radical (unpaired) electrons. The average Bonchev–Trinajstić information content (AvgIpc) is 2.36. The Bertz CT molecular complexity index is 329. The minimum atomic E-state index is -4.10. The van der Waals surface area contributed by atoms with Crippen molar-refractivity contribution in [3.63, 3.8) is 0 Å². The number of carbonyl (C=O) groups is 1. The Morgan fingerprint density at radius 1 is 1.25 bits per heavy atom. The fourth-order valence-corrected chi connectivity index (χ4v) is 2.55. The molecule has 1 rings (SSSR count). The highest BCUT2D eigenvalue weighted by Crippen LogP contribution is 2.37. The van der Waals surface area contributed by atoms with Crippen molar-refractivity contribution in [3.05, 3.63) is 0 Å². The van der Waals surface area contributed by atoms with Gasteiger partial charge in [-0.25, -0.2) is 0 Å². The molecule has 1 saturated carbocycles. The standard InChI is InChI=1S/C14H25F3N2O/c1-4-18-12(20)13(2,3)9-19-11-7-5-6-10(8-11)14(15,16)17/h10-11,19H,4-9H2,1-3H3,(H,18,20)/t10-,11-/m1/s1. The first kappa shape index (κ1) is 17.3. The maximum Gasteiger partial charge on any atom is 0.391 e. The van der Waals surface area contributed by atoms with E-state index < -0.39 is 17.5 Å². The lowest BCUT2D eigenvalue weighted by Gasteiger charge is -2.33. The molecule has 0 heterocycles. The third kappa shape index (κ3) is 4.96. The third-order valence-corrected chi connectivity index (χ3v) is 3.92. The molecule has 20 heavy (non-hydrogen) atoms. The second-order valence-electron chi connectivity index (χ2n) is 6.23. The average molecular weight is 294 g/mol. The van der Waals surface area contributed by atoms with Crippen molar-refractivity contribution in [2.45, 2.75) is 58.7 Å². The second-order valence-corrected chi connectivity index (χ2v) is 6.23. The van der Waals surface area contributed by atoms with Gasteiger partial charge < -0.3 is 10.6 Å². The van der Waals surface area contributed by atoms with Gasteiger partial charge in [0.1, 0.15) is 0 Å². The summed E-state index contributed by atoms with van der Waals surface area (Å²) in [5, 5.41) is 5.89. The van der Waals surface area contributed by atoms with E-state index in [9.17, 15) is 18.0 Å². The summed E-state index contributed by atoms with van der Waals surface area (Å²) in [4.78, 5) is 11.8. The summed E-state index contributed by atoms with van der Waals surface area (Å²) < 4.78 is 38.2. The van der Waals surface area contributed by atoms with Gasteiger partial charge in [-0.15, -0.1) is 0 Å². The zero-order valence-corrected chi connectivity index (χ0v) is 12.4. The minimum absolute atomic E-state index is 0.0734. The lowest BCUT2D eigenvalue weighted by Crippen LogP contribution is -2.47. The Labute approximate surface area is 118 Å². The first-order valence-electron chi connectivity index (χ1n) is 7.25. The number of carbonyl (C=O) groups excluding carboxylic acids is 1. The summed E-state index contributed by atoms with van der Waals surface area (Å²) in [7, 11) is 0. The summed E-state index contributed by atoms with van der Waals surface area (Å²) in [5.41, 5.74) is -0.610. The van der Waals surface area contributed by atoms with Crippen LogP contribution in [0.15, 0.2) is 0 Å². The van der Waals surface area contributed by atoms with Crippen molar-refractivity contribution in [1.29, 1.82) is 0 Å². The van der Waals surface area contributed by atoms with Gasteiger partial charge in [-0.1, -0.05) is 6.42 Å². The number of alkyl halides is 3. The first-order valence-corrected chi connectivity index (χ1v) is 7.25. The molecule has 0 saturated heterocycles. The lowest BCUT2D eigenvalue weighted by atomic mass is 9.84. The summed E-state index contributed by atoms with van der Waals surface area (Å²) >= 11 is 0. The summed E-state index contributed by atoms with van der Waals surface area (Å²) in [6.07, 6.45) is -2.42. The van der Waals surface area contributed by atoms with Gasteiger partial charge in [0.25, 0.3) is 0 Å². The van der Waals surface area contributed by atoms with Crippen LogP contribution >= 0.6 is 0 Å². The molecule has 118 valence electrons. The number of halogens is 3. The van der Waals surface area contributed by atoms with Crippen molar-refractivity contribution in [1.82, 2.24) is 10.6 Å². The van der Waals surface area contributed by atoms with Gasteiger partial charge in [0.05, 0.1) is 11.3 Å². The second kappa shape index (κ2) is 6.78. The maximum absolute atomic E-state index is 12.7. The van der Waals surface area contributed by atoms with Gasteiger partial charge >= 0.3 is 6.18 Å². The van der Waals surface area contributed by atoms with Crippen LogP contribution in [-0.2, 0) is 4.79 Å². The van der Waals surface area contributed by atoms with Crippen molar-refractivity contribution in [2.24, 2.45) is 11.3 Å². The molecule has 1 fully saturated rings. The zero-order valence-electron chi connectivity index (χ0n) is 12.4. The highest BCUT2D eigenvalue weighted by atomic mass is 19.4. The van der Waals surface area contributed by atoms with Crippen LogP contribution in [0.25, 0.3) is 0 Å². The quantitative estimate of drug-likeness (QED) is 0.818. The Morgan fingerprint density at radius 3 is 2.45 bits per heavy atom. The van der Waals surface area contributed by atoms with Gasteiger partial charge in [0.15, 0.2) is 0 Å². The molecule has 0 unspecified atom stereocenters. The highest BCUT2D eigenvalue weighted by Gasteiger charge is 2.42. The van der Waals surface area contributed by atoms with Gasteiger partial charge in [0.2, 0.25) is 5.91 Å². The van der Waals surface area contributed by atoms with E-state index >= 15 is 0 Å². The van der Waals surface area contributed by atoms with E-state index in [2.05, 4.69) is 10.6 Å². The van der Waals surface area contributed by atoms with Crippen LogP contribution in [0.5, 0.6) is 0 Å². The topological polar surface area (TPSA) is 41.1 Å². The molecule has 1 aliphatic rings. The number of nitrogens with one attached hydrogen (secondary N) is 2. The molecule has 6 heteroatoms. The van der Waals surface area contributed by atoms with Crippen LogP contribution in [0.2, 0.25) is 0 Å². The van der Waals surface area contributed by atoms with E-state index in [1.165, 1.54) is 0 Å². The van der Waals surface area contributed by atoms with Gasteiger partial charge in [-0.05, 0) is 40.0 Å². The fraction of sp³-hybridized carbons (Fsp3) is 0.929. The highest BCUT2D eigenvalue weighted by molar-refractivity contribution is 5.81. The molecular weight excluding hydrogens is 269 g/mol. The predicted molar refractivity (Wildman–Crippen MR) is 72.3 cm³/mol. The Balaban J connectivity index is 2.47. The molecule has 2 N–H and O–H groups in total. The molecule has 0 spiro atoms. The first-order chi connectivity index (χ1) is 9.16. The van der Waals surface area contributed by atoms with Crippen LogP contribution in [0.4, 0.5) is 13.2 Å². The van der Waals surface area contributed by atoms with Crippen molar-refractivity contribution in [3.8, 4) is 0 Å². The largest absolute Gasteiger partial charge is 0.391 e. The summed E-state index contributed by atoms with van der Waals surface area (Å²) in [6, 6.07) is -0.149. The van der Waals surface area contributed by atoms with Crippen molar-refractivity contribution < 1.29 is 18.0 Å². The summed E-state index contributed by atoms with van der Waals surface area (Å²) in [5.74, 6) is -1.28. The van der Waals surface area contributed by atoms with Crippen LogP contribution < -0.4 is 10.6 Å². The number of hydrogen-bond acceptors (Lipinski definition) is 2. The van der Waals surface area contributed by atoms with E-state index in [1.54, 1.807) is 13.8 Å². The molecule has 3 nitrogen and oxygen atoms in total. The Morgan fingerprint density at radius 2 is 1.90 bits per heavy atom. The molecular formula is C14H25F3N2O. The fourth-order valence-electron chi connectivity index (χ4n) is 2.55. The van der Waals surface area contributed by atoms with Crippen molar-refractivity contribution >= 4 is 5.91 Å². The Hall–Kier alpha value is -0.780. The molecule has 0 aliphatic heterocycles. The molecule has 1 aliphatic carbocycles. The van der Waals surface area contributed by atoms with E-state index in [1.807, 2.05) is 6.92 Å². The smallest absolute Gasteiger partial charge is 0.356 e. The SMILES string of the molecule is CCNC(=O)C(C)(C)CN[C@@H]1CCC[C@@H](C(F)(F)F)C1. The third-order valence-electron chi connectivity index (χ3n) is 3.92. The summed E-state index contributed by atoms with van der Waals surface area (Å²) in [6.45, 7) is 6.40. The Kier molecular flexibility index (Phi) is 5.86. The normalized spacial score (nSPS) is 24.5. The van der Waals surface area contributed by atoms with E-state index in [0.29, 0.717) is 19.5 Å². The molecule has 0 bridgehead atoms. The lowest BCUT2D eigenvalue weighted by molar-refractivity contribution is -0.183. The minimum Gasteiger partial charge on any atom is -0.356 e. The van der Waals surface area contributed by atoms with Gasteiger partial charge in [-0.2, -0.15) is 13.2 Å². The molecule has 0 aromatic heterocycles. The maximum atomic E-state index is 12.7. The van der Waals surface area contributed by atoms with Crippen LogP contribution in [-0.4, -0.2) is 31.2 Å². The van der Waals surface area contributed by atoms with Crippen molar-refractivity contribution in [2.75, 3.05) is 13.1 Å². The van der Waals surface area contributed by atoms with Crippen LogP contribution in [0.3, 0.4) is 0 Å². The predicted octanol–water partition coefficient (Wildman–Crippen LogP) is 2.86. The monoisotopic (exact) mass is 294 g/mol. The van der Waals surface area contributed by atoms with Gasteiger partial charge in [0, 0.05) is 19.1 Å². The molecule has 1 amide bonds. The number of hydrogen-bond donors (Lipinski definition) is 2. The molecule has 2 atom stereocenters. The van der Waals surface area contributed by atoms with Gasteiger partial charge in [-0.3, -0.25) is 4.79 Å².